The van der Waals surface area contributed by atoms with Gasteiger partial charge in [-0.15, -0.1) is 0 Å². The van der Waals surface area contributed by atoms with E-state index >= 15 is 0 Å². The van der Waals surface area contributed by atoms with E-state index in [4.69, 9.17) is 8.83 Å². The molecule has 0 aromatic carbocycles. The number of oxazole rings is 2. The SMILES string of the molecule is c1coc(-c2ncco2)c1.c1cocn1. The molecule has 0 N–H and O–H groups in total. The van der Waals surface area contributed by atoms with Crippen LogP contribution in [0.2, 0.25) is 0 Å². The molecule has 3 aromatic heterocycles. The van der Waals surface area contributed by atoms with Crippen molar-refractivity contribution in [3.8, 4) is 11.7 Å². The first kappa shape index (κ1) is 9.26. The second kappa shape index (κ2) is 4.80. The molecule has 5 heteroatoms. The second-order valence-corrected chi connectivity index (χ2v) is 2.49. The zero-order valence-electron chi connectivity index (χ0n) is 7.74. The fraction of sp³-hybridized carbons (Fsp3) is 0. The molecule has 0 saturated heterocycles. The number of aromatic nitrogens is 2. The maximum Gasteiger partial charge on any atom is 0.262 e. The maximum absolute atomic E-state index is 5.02. The van der Waals surface area contributed by atoms with Gasteiger partial charge in [0, 0.05) is 0 Å². The molecule has 3 aromatic rings. The van der Waals surface area contributed by atoms with E-state index in [0.29, 0.717) is 11.7 Å². The lowest BCUT2D eigenvalue weighted by molar-refractivity contribution is 0.517. The van der Waals surface area contributed by atoms with Gasteiger partial charge < -0.3 is 13.3 Å². The molecule has 0 saturated carbocycles. The van der Waals surface area contributed by atoms with Crippen molar-refractivity contribution in [2.24, 2.45) is 0 Å². The lowest BCUT2D eigenvalue weighted by Gasteiger charge is -1.83. The third kappa shape index (κ3) is 2.57. The molecule has 0 atom stereocenters. The minimum absolute atomic E-state index is 0.519. The number of nitrogens with zero attached hydrogens (tertiary/aromatic N) is 2. The summed E-state index contributed by atoms with van der Waals surface area (Å²) in [6, 6.07) is 3.59. The minimum Gasteiger partial charge on any atom is -0.459 e. The maximum atomic E-state index is 5.02. The topological polar surface area (TPSA) is 65.2 Å². The first-order chi connectivity index (χ1) is 7.47. The van der Waals surface area contributed by atoms with Crippen molar-refractivity contribution in [2.45, 2.75) is 0 Å². The van der Waals surface area contributed by atoms with E-state index in [9.17, 15) is 0 Å². The summed E-state index contributed by atoms with van der Waals surface area (Å²) in [6.07, 6.45) is 9.15. The Labute approximate surface area is 85.4 Å². The smallest absolute Gasteiger partial charge is 0.262 e. The quantitative estimate of drug-likeness (QED) is 0.609. The van der Waals surface area contributed by atoms with Crippen LogP contribution in [0.1, 0.15) is 0 Å². The van der Waals surface area contributed by atoms with Gasteiger partial charge in [0.05, 0.1) is 18.7 Å². The monoisotopic (exact) mass is 204 g/mol. The van der Waals surface area contributed by atoms with Gasteiger partial charge in [-0.25, -0.2) is 9.97 Å². The molecule has 0 aliphatic carbocycles. The van der Waals surface area contributed by atoms with Crippen molar-refractivity contribution in [1.29, 1.82) is 0 Å². The molecule has 0 unspecified atom stereocenters. The van der Waals surface area contributed by atoms with Crippen molar-refractivity contribution in [1.82, 2.24) is 9.97 Å². The van der Waals surface area contributed by atoms with Crippen molar-refractivity contribution in [3.05, 3.63) is 49.7 Å². The van der Waals surface area contributed by atoms with Gasteiger partial charge >= 0.3 is 0 Å². The molecule has 0 aliphatic rings. The van der Waals surface area contributed by atoms with Crippen LogP contribution in [0, 0.1) is 0 Å². The molecule has 76 valence electrons. The molecule has 15 heavy (non-hydrogen) atoms. The van der Waals surface area contributed by atoms with E-state index in [0.717, 1.165) is 0 Å². The van der Waals surface area contributed by atoms with Crippen LogP contribution in [0.5, 0.6) is 0 Å². The zero-order valence-corrected chi connectivity index (χ0v) is 7.74. The van der Waals surface area contributed by atoms with Crippen molar-refractivity contribution < 1.29 is 13.3 Å². The molecular weight excluding hydrogens is 196 g/mol. The van der Waals surface area contributed by atoms with Gasteiger partial charge in [-0.3, -0.25) is 0 Å². The van der Waals surface area contributed by atoms with Crippen LogP contribution in [0.15, 0.2) is 63.0 Å². The molecule has 0 aliphatic heterocycles. The zero-order chi connectivity index (χ0) is 10.3. The van der Waals surface area contributed by atoms with Gasteiger partial charge in [0.2, 0.25) is 0 Å². The summed E-state index contributed by atoms with van der Waals surface area (Å²) in [6.45, 7) is 0. The summed E-state index contributed by atoms with van der Waals surface area (Å²) < 4.78 is 14.5. The second-order valence-electron chi connectivity index (χ2n) is 2.49. The lowest BCUT2D eigenvalue weighted by atomic mass is 10.4. The van der Waals surface area contributed by atoms with E-state index in [1.54, 1.807) is 30.8 Å². The largest absolute Gasteiger partial charge is 0.459 e. The van der Waals surface area contributed by atoms with Crippen LogP contribution >= 0.6 is 0 Å². The van der Waals surface area contributed by atoms with Crippen LogP contribution in [0.4, 0.5) is 0 Å². The van der Waals surface area contributed by atoms with Crippen LogP contribution in [0.25, 0.3) is 11.7 Å². The third-order valence-corrected chi connectivity index (χ3v) is 1.51. The van der Waals surface area contributed by atoms with Gasteiger partial charge in [-0.05, 0) is 12.1 Å². The van der Waals surface area contributed by atoms with Crippen LogP contribution in [-0.4, -0.2) is 9.97 Å². The van der Waals surface area contributed by atoms with E-state index in [-0.39, 0.29) is 0 Å². The van der Waals surface area contributed by atoms with E-state index in [2.05, 4.69) is 14.4 Å². The molecule has 0 radical (unpaired) electrons. The van der Waals surface area contributed by atoms with E-state index in [1.165, 1.54) is 18.9 Å². The predicted molar refractivity (Wildman–Crippen MR) is 50.7 cm³/mol. The van der Waals surface area contributed by atoms with Gasteiger partial charge in [-0.1, -0.05) is 0 Å². The summed E-state index contributed by atoms with van der Waals surface area (Å²) in [5, 5.41) is 0. The Bertz CT molecular complexity index is 393. The fourth-order valence-corrected chi connectivity index (χ4v) is 0.921. The van der Waals surface area contributed by atoms with E-state index < -0.39 is 0 Å². The highest BCUT2D eigenvalue weighted by molar-refractivity contribution is 5.42. The number of furan rings is 1. The predicted octanol–water partition coefficient (Wildman–Crippen LogP) is 2.61. The molecule has 5 nitrogen and oxygen atoms in total. The molecule has 0 fully saturated rings. The summed E-state index contributed by atoms with van der Waals surface area (Å²) in [5.41, 5.74) is 0. The highest BCUT2D eigenvalue weighted by atomic mass is 16.4. The van der Waals surface area contributed by atoms with Crippen molar-refractivity contribution >= 4 is 0 Å². The van der Waals surface area contributed by atoms with Gasteiger partial charge in [0.25, 0.3) is 5.89 Å². The van der Waals surface area contributed by atoms with Crippen LogP contribution < -0.4 is 0 Å². The number of hydrogen-bond acceptors (Lipinski definition) is 5. The summed E-state index contributed by atoms with van der Waals surface area (Å²) in [5.74, 6) is 1.18. The Morgan fingerprint density at radius 3 is 2.47 bits per heavy atom. The van der Waals surface area contributed by atoms with Gasteiger partial charge in [0.1, 0.15) is 12.5 Å². The van der Waals surface area contributed by atoms with E-state index in [1.807, 2.05) is 0 Å². The first-order valence-corrected chi connectivity index (χ1v) is 4.22. The molecule has 0 amide bonds. The normalized spacial score (nSPS) is 9.33. The molecule has 0 spiro atoms. The summed E-state index contributed by atoms with van der Waals surface area (Å²) in [4.78, 5) is 7.45. The van der Waals surface area contributed by atoms with Crippen molar-refractivity contribution in [2.75, 3.05) is 0 Å². The van der Waals surface area contributed by atoms with Crippen LogP contribution in [0.3, 0.4) is 0 Å². The Morgan fingerprint density at radius 2 is 2.00 bits per heavy atom. The van der Waals surface area contributed by atoms with Crippen molar-refractivity contribution in [3.63, 3.8) is 0 Å². The fourth-order valence-electron chi connectivity index (χ4n) is 0.921. The standard InChI is InChI=1S/C7H5NO2.C3H3NO/c1-2-6(9-4-1)7-8-3-5-10-7;1-2-5-3-4-1/h1-5H;1-3H. The Balaban J connectivity index is 0.000000144. The minimum atomic E-state index is 0.519. The van der Waals surface area contributed by atoms with Gasteiger partial charge in [0.15, 0.2) is 12.2 Å². The highest BCUT2D eigenvalue weighted by Gasteiger charge is 2.02. The Kier molecular flexibility index (Phi) is 2.97. The molecule has 0 bridgehead atoms. The average molecular weight is 204 g/mol. The summed E-state index contributed by atoms with van der Waals surface area (Å²) >= 11 is 0. The van der Waals surface area contributed by atoms with Crippen LogP contribution in [-0.2, 0) is 0 Å². The Morgan fingerprint density at radius 1 is 1.00 bits per heavy atom. The molecule has 3 rings (SSSR count). The lowest BCUT2D eigenvalue weighted by Crippen LogP contribution is -1.68. The first-order valence-electron chi connectivity index (χ1n) is 4.22. The Hall–Kier alpha value is -2.30. The average Bonchev–Trinajstić information content (AvgIpc) is 3.06. The third-order valence-electron chi connectivity index (χ3n) is 1.51. The van der Waals surface area contributed by atoms with Gasteiger partial charge in [-0.2, -0.15) is 0 Å². The number of hydrogen-bond donors (Lipinski definition) is 0. The molecular formula is C10H8N2O3. The molecule has 3 heterocycles. The highest BCUT2D eigenvalue weighted by Crippen LogP contribution is 2.15. The summed E-state index contributed by atoms with van der Waals surface area (Å²) in [7, 11) is 0. The number of rotatable bonds is 1.